The number of rotatable bonds is 9. The lowest BCUT2D eigenvalue weighted by molar-refractivity contribution is -0.147. The number of amides is 1. The van der Waals surface area contributed by atoms with Crippen molar-refractivity contribution < 1.29 is 19.1 Å². The Morgan fingerprint density at radius 2 is 1.70 bits per heavy atom. The van der Waals surface area contributed by atoms with Gasteiger partial charge >= 0.3 is 5.97 Å². The van der Waals surface area contributed by atoms with Crippen LogP contribution in [-0.2, 0) is 27.5 Å². The molecule has 0 saturated carbocycles. The summed E-state index contributed by atoms with van der Waals surface area (Å²) in [5, 5.41) is 2.80. The van der Waals surface area contributed by atoms with E-state index >= 15 is 0 Å². The van der Waals surface area contributed by atoms with Gasteiger partial charge in [-0.2, -0.15) is 0 Å². The molecule has 0 radical (unpaired) electrons. The number of carbonyl (C=O) groups is 2. The molecule has 3 aromatic rings. The normalized spacial score (nSPS) is 10.5. The van der Waals surface area contributed by atoms with Gasteiger partial charge in [-0.25, -0.2) is 4.79 Å². The summed E-state index contributed by atoms with van der Waals surface area (Å²) in [6, 6.07) is 20.2. The Labute approximate surface area is 175 Å². The van der Waals surface area contributed by atoms with Gasteiger partial charge in [-0.15, -0.1) is 0 Å². The van der Waals surface area contributed by atoms with Gasteiger partial charge in [-0.1, -0.05) is 48.5 Å². The molecule has 0 bridgehead atoms. The standard InChI is InChI=1S/C24H22N2O4/c27-23(26-16-21-7-4-14-25-15-21)13-10-19-8-11-22(12-9-19)29-18-24(28)30-17-20-5-2-1-3-6-20/h1-15H,16-18H2,(H,26,27). The van der Waals surface area contributed by atoms with Crippen LogP contribution in [-0.4, -0.2) is 23.5 Å². The number of aromatic nitrogens is 1. The summed E-state index contributed by atoms with van der Waals surface area (Å²) < 4.78 is 10.6. The third-order valence-corrected chi connectivity index (χ3v) is 4.10. The molecular weight excluding hydrogens is 380 g/mol. The molecule has 3 rings (SSSR count). The Morgan fingerprint density at radius 1 is 0.933 bits per heavy atom. The lowest BCUT2D eigenvalue weighted by Gasteiger charge is -2.07. The number of carbonyl (C=O) groups excluding carboxylic acids is 2. The highest BCUT2D eigenvalue weighted by atomic mass is 16.6. The van der Waals surface area contributed by atoms with E-state index in [1.54, 1.807) is 42.7 Å². The van der Waals surface area contributed by atoms with Crippen molar-refractivity contribution in [3.8, 4) is 5.75 Å². The van der Waals surface area contributed by atoms with Crippen LogP contribution in [0.5, 0.6) is 5.75 Å². The number of nitrogens with one attached hydrogen (secondary N) is 1. The van der Waals surface area contributed by atoms with E-state index < -0.39 is 5.97 Å². The van der Waals surface area contributed by atoms with Crippen LogP contribution in [0.3, 0.4) is 0 Å². The van der Waals surface area contributed by atoms with Gasteiger partial charge in [0, 0.05) is 25.0 Å². The molecule has 0 aliphatic heterocycles. The molecule has 0 spiro atoms. The zero-order valence-corrected chi connectivity index (χ0v) is 16.4. The Morgan fingerprint density at radius 3 is 2.43 bits per heavy atom. The maximum Gasteiger partial charge on any atom is 0.344 e. The zero-order valence-electron chi connectivity index (χ0n) is 16.4. The fraction of sp³-hybridized carbons (Fsp3) is 0.125. The molecule has 0 unspecified atom stereocenters. The Kier molecular flexibility index (Phi) is 7.74. The molecular formula is C24H22N2O4. The summed E-state index contributed by atoms with van der Waals surface area (Å²) in [7, 11) is 0. The summed E-state index contributed by atoms with van der Waals surface area (Å²) in [6.07, 6.45) is 6.57. The SMILES string of the molecule is O=C(C=Cc1ccc(OCC(=O)OCc2ccccc2)cc1)NCc1cccnc1. The Hall–Kier alpha value is -3.93. The molecule has 0 aliphatic carbocycles. The molecule has 30 heavy (non-hydrogen) atoms. The minimum atomic E-state index is -0.437. The average Bonchev–Trinajstić information content (AvgIpc) is 2.80. The average molecular weight is 402 g/mol. The van der Waals surface area contributed by atoms with E-state index in [0.717, 1.165) is 16.7 Å². The van der Waals surface area contributed by atoms with Crippen molar-refractivity contribution >= 4 is 18.0 Å². The van der Waals surface area contributed by atoms with Crippen molar-refractivity contribution in [1.82, 2.24) is 10.3 Å². The number of hydrogen-bond acceptors (Lipinski definition) is 5. The van der Waals surface area contributed by atoms with Gasteiger partial charge in [0.2, 0.25) is 5.91 Å². The Bertz CT molecular complexity index is 971. The molecule has 1 amide bonds. The monoisotopic (exact) mass is 402 g/mol. The second-order valence-corrected chi connectivity index (χ2v) is 6.42. The first-order chi connectivity index (χ1) is 14.7. The lowest BCUT2D eigenvalue weighted by atomic mass is 10.2. The third-order valence-electron chi connectivity index (χ3n) is 4.10. The van der Waals surface area contributed by atoms with E-state index in [0.29, 0.717) is 12.3 Å². The van der Waals surface area contributed by atoms with E-state index in [9.17, 15) is 9.59 Å². The van der Waals surface area contributed by atoms with Crippen LogP contribution in [0.4, 0.5) is 0 Å². The predicted molar refractivity (Wildman–Crippen MR) is 113 cm³/mol. The number of benzene rings is 2. The first-order valence-corrected chi connectivity index (χ1v) is 9.46. The van der Waals surface area contributed by atoms with E-state index in [-0.39, 0.29) is 19.1 Å². The molecule has 0 atom stereocenters. The smallest absolute Gasteiger partial charge is 0.344 e. The van der Waals surface area contributed by atoms with Gasteiger partial charge in [0.1, 0.15) is 12.4 Å². The lowest BCUT2D eigenvalue weighted by Crippen LogP contribution is -2.20. The highest BCUT2D eigenvalue weighted by molar-refractivity contribution is 5.91. The van der Waals surface area contributed by atoms with Crippen LogP contribution < -0.4 is 10.1 Å². The van der Waals surface area contributed by atoms with Gasteiger partial charge in [-0.05, 0) is 41.0 Å². The van der Waals surface area contributed by atoms with Gasteiger partial charge in [0.05, 0.1) is 0 Å². The van der Waals surface area contributed by atoms with E-state index in [2.05, 4.69) is 10.3 Å². The van der Waals surface area contributed by atoms with Gasteiger partial charge in [0.25, 0.3) is 0 Å². The van der Waals surface area contributed by atoms with E-state index in [1.165, 1.54) is 6.08 Å². The largest absolute Gasteiger partial charge is 0.482 e. The van der Waals surface area contributed by atoms with Gasteiger partial charge < -0.3 is 14.8 Å². The molecule has 0 fully saturated rings. The van der Waals surface area contributed by atoms with Crippen LogP contribution in [0.1, 0.15) is 16.7 Å². The highest BCUT2D eigenvalue weighted by Gasteiger charge is 2.05. The fourth-order valence-corrected chi connectivity index (χ4v) is 2.52. The topological polar surface area (TPSA) is 77.5 Å². The molecule has 0 saturated heterocycles. The van der Waals surface area contributed by atoms with Crippen LogP contribution >= 0.6 is 0 Å². The zero-order chi connectivity index (χ0) is 21.0. The minimum Gasteiger partial charge on any atom is -0.482 e. The maximum atomic E-state index is 11.9. The summed E-state index contributed by atoms with van der Waals surface area (Å²) in [5.41, 5.74) is 2.69. The summed E-state index contributed by atoms with van der Waals surface area (Å²) in [6.45, 7) is 0.471. The predicted octanol–water partition coefficient (Wildman–Crippen LogP) is 3.53. The van der Waals surface area contributed by atoms with Crippen LogP contribution in [0, 0.1) is 0 Å². The highest BCUT2D eigenvalue weighted by Crippen LogP contribution is 2.13. The maximum absolute atomic E-state index is 11.9. The molecule has 0 aliphatic rings. The molecule has 6 nitrogen and oxygen atoms in total. The van der Waals surface area contributed by atoms with Crippen molar-refractivity contribution in [2.45, 2.75) is 13.2 Å². The van der Waals surface area contributed by atoms with Crippen molar-refractivity contribution in [2.75, 3.05) is 6.61 Å². The molecule has 1 aromatic heterocycles. The second-order valence-electron chi connectivity index (χ2n) is 6.42. The molecule has 152 valence electrons. The molecule has 1 N–H and O–H groups in total. The first-order valence-electron chi connectivity index (χ1n) is 9.46. The van der Waals surface area contributed by atoms with Crippen molar-refractivity contribution in [2.24, 2.45) is 0 Å². The quantitative estimate of drug-likeness (QED) is 0.438. The summed E-state index contributed by atoms with van der Waals surface area (Å²) in [4.78, 5) is 27.7. The molecule has 1 heterocycles. The molecule has 6 heteroatoms. The fourth-order valence-electron chi connectivity index (χ4n) is 2.52. The summed E-state index contributed by atoms with van der Waals surface area (Å²) >= 11 is 0. The summed E-state index contributed by atoms with van der Waals surface area (Å²) in [5.74, 6) is -0.0849. The Balaban J connectivity index is 1.39. The van der Waals surface area contributed by atoms with Crippen LogP contribution in [0.25, 0.3) is 6.08 Å². The third kappa shape index (κ3) is 7.24. The number of hydrogen-bond donors (Lipinski definition) is 1. The first kappa shape index (κ1) is 20.8. The van der Waals surface area contributed by atoms with Crippen molar-refractivity contribution in [3.05, 3.63) is 102 Å². The van der Waals surface area contributed by atoms with Crippen LogP contribution in [0.15, 0.2) is 85.2 Å². The van der Waals surface area contributed by atoms with E-state index in [1.807, 2.05) is 42.5 Å². The van der Waals surface area contributed by atoms with Crippen molar-refractivity contribution in [1.29, 1.82) is 0 Å². The van der Waals surface area contributed by atoms with Gasteiger partial charge in [-0.3, -0.25) is 9.78 Å². The number of ether oxygens (including phenoxy) is 2. The van der Waals surface area contributed by atoms with E-state index in [4.69, 9.17) is 9.47 Å². The number of esters is 1. The second kappa shape index (κ2) is 11.2. The number of pyridine rings is 1. The van der Waals surface area contributed by atoms with Crippen molar-refractivity contribution in [3.63, 3.8) is 0 Å². The number of nitrogens with zero attached hydrogens (tertiary/aromatic N) is 1. The molecule has 2 aromatic carbocycles. The minimum absolute atomic E-state index is 0.168. The van der Waals surface area contributed by atoms with Crippen LogP contribution in [0.2, 0.25) is 0 Å². The van der Waals surface area contributed by atoms with Gasteiger partial charge in [0.15, 0.2) is 6.61 Å².